The van der Waals surface area contributed by atoms with Gasteiger partial charge in [0.25, 0.3) is 0 Å². The van der Waals surface area contributed by atoms with Crippen molar-refractivity contribution in [1.29, 1.82) is 0 Å². The smallest absolute Gasteiger partial charge is 0.365 e. The summed E-state index contributed by atoms with van der Waals surface area (Å²) in [5, 5.41) is 0. The van der Waals surface area contributed by atoms with Gasteiger partial charge in [-0.25, -0.2) is 0 Å². The monoisotopic (exact) mass is 271 g/mol. The third kappa shape index (κ3) is 5.15. The van der Waals surface area contributed by atoms with Crippen LogP contribution in [-0.2, 0) is 4.79 Å². The molecule has 0 rings (SSSR count). The van der Waals surface area contributed by atoms with E-state index < -0.39 is 28.4 Å². The first-order chi connectivity index (χ1) is 6.75. The number of hydrogen-bond donors (Lipinski definition) is 0. The van der Waals surface area contributed by atoms with Gasteiger partial charge in [0, 0.05) is 6.17 Å². The molecule has 0 atom stereocenters. The quantitative estimate of drug-likeness (QED) is 0.722. The highest BCUT2D eigenvalue weighted by molar-refractivity contribution is 6.81. The molecule has 0 aromatic carbocycles. The Bertz CT molecular complexity index is 265. The van der Waals surface area contributed by atoms with Crippen molar-refractivity contribution < 1.29 is 18.0 Å². The number of nitrogens with zero attached hydrogens (tertiary/aromatic N) is 1. The molecule has 0 aliphatic heterocycles. The fourth-order valence-corrected chi connectivity index (χ4v) is 6.39. The lowest BCUT2D eigenvalue weighted by Crippen LogP contribution is -2.59. The van der Waals surface area contributed by atoms with E-state index in [0.29, 0.717) is 0 Å². The predicted molar refractivity (Wildman–Crippen MR) is 64.5 cm³/mol. The number of carbonyl (C=O) groups is 1. The van der Waals surface area contributed by atoms with Crippen molar-refractivity contribution in [2.45, 2.75) is 45.5 Å². The molecular formula is C9H20F3NOSi2. The molecule has 0 unspecified atom stereocenters. The molecule has 0 radical (unpaired) electrons. The first-order valence-corrected chi connectivity index (χ1v) is 12.3. The highest BCUT2D eigenvalue weighted by Crippen LogP contribution is 2.24. The minimum Gasteiger partial charge on any atom is -0.365 e. The van der Waals surface area contributed by atoms with E-state index in [1.807, 2.05) is 19.6 Å². The Hall–Kier alpha value is -0.306. The molecule has 0 bridgehead atoms. The summed E-state index contributed by atoms with van der Waals surface area (Å²) >= 11 is 0. The molecule has 0 aliphatic rings. The van der Waals surface area contributed by atoms with Gasteiger partial charge in [-0.1, -0.05) is 39.3 Å². The van der Waals surface area contributed by atoms with Crippen molar-refractivity contribution in [2.75, 3.05) is 6.17 Å². The van der Waals surface area contributed by atoms with Crippen molar-refractivity contribution in [1.82, 2.24) is 4.57 Å². The average molecular weight is 271 g/mol. The van der Waals surface area contributed by atoms with E-state index in [0.717, 1.165) is 4.57 Å². The summed E-state index contributed by atoms with van der Waals surface area (Å²) < 4.78 is 38.4. The van der Waals surface area contributed by atoms with E-state index in [2.05, 4.69) is 0 Å². The fraction of sp³-hybridized carbons (Fsp3) is 0.889. The Balaban J connectivity index is 5.06. The predicted octanol–water partition coefficient (Wildman–Crippen LogP) is 3.09. The Morgan fingerprint density at radius 1 is 1.06 bits per heavy atom. The summed E-state index contributed by atoms with van der Waals surface area (Å²) in [5.74, 6) is -1.67. The third-order valence-corrected chi connectivity index (χ3v) is 5.49. The minimum absolute atomic E-state index is 0.279. The van der Waals surface area contributed by atoms with Crippen LogP contribution in [0.1, 0.15) is 0 Å². The fourth-order valence-electron chi connectivity index (χ4n) is 1.24. The molecule has 1 amide bonds. The van der Waals surface area contributed by atoms with Crippen LogP contribution in [-0.4, -0.2) is 39.1 Å². The molecule has 0 aromatic heterocycles. The van der Waals surface area contributed by atoms with E-state index in [4.69, 9.17) is 0 Å². The molecule has 0 heterocycles. The van der Waals surface area contributed by atoms with Gasteiger partial charge in [-0.2, -0.15) is 13.2 Å². The molecule has 16 heavy (non-hydrogen) atoms. The van der Waals surface area contributed by atoms with Gasteiger partial charge >= 0.3 is 12.1 Å². The topological polar surface area (TPSA) is 20.3 Å². The van der Waals surface area contributed by atoms with Gasteiger partial charge in [0.15, 0.2) is 8.24 Å². The lowest BCUT2D eigenvalue weighted by atomic mass is 10.6. The average Bonchev–Trinajstić information content (AvgIpc) is 1.93. The molecule has 7 heteroatoms. The van der Waals surface area contributed by atoms with Crippen LogP contribution in [0.3, 0.4) is 0 Å². The van der Waals surface area contributed by atoms with Crippen LogP contribution in [0, 0.1) is 0 Å². The molecule has 0 aromatic rings. The molecule has 0 spiro atoms. The van der Waals surface area contributed by atoms with E-state index >= 15 is 0 Å². The zero-order valence-electron chi connectivity index (χ0n) is 10.7. The molecule has 0 saturated carbocycles. The Morgan fingerprint density at radius 3 is 1.62 bits per heavy atom. The van der Waals surface area contributed by atoms with Crippen molar-refractivity contribution in [3.8, 4) is 0 Å². The maximum atomic E-state index is 12.5. The van der Waals surface area contributed by atoms with Crippen LogP contribution >= 0.6 is 0 Å². The third-order valence-electron chi connectivity index (χ3n) is 1.93. The normalized spacial score (nSPS) is 13.8. The Kier molecular flexibility index (Phi) is 4.43. The molecule has 2 nitrogen and oxygen atoms in total. The highest BCUT2D eigenvalue weighted by atomic mass is 28.3. The van der Waals surface area contributed by atoms with E-state index in [1.54, 1.807) is 19.6 Å². The largest absolute Gasteiger partial charge is 0.470 e. The van der Waals surface area contributed by atoms with Crippen molar-refractivity contribution in [2.24, 2.45) is 0 Å². The number of halogens is 3. The molecule has 96 valence electrons. The number of amides is 1. The first-order valence-electron chi connectivity index (χ1n) is 5.14. The summed E-state index contributed by atoms with van der Waals surface area (Å²) in [6, 6.07) is 0. The van der Waals surface area contributed by atoms with Gasteiger partial charge in [-0.05, 0) is 0 Å². The summed E-state index contributed by atoms with van der Waals surface area (Å²) in [7, 11) is -4.00. The van der Waals surface area contributed by atoms with Crippen LogP contribution in [0.4, 0.5) is 13.2 Å². The number of alkyl halides is 3. The number of carbonyl (C=O) groups excluding carboxylic acids is 1. The van der Waals surface area contributed by atoms with Gasteiger partial charge < -0.3 is 4.57 Å². The summed E-state index contributed by atoms with van der Waals surface area (Å²) in [6.45, 7) is 11.2. The number of hydrogen-bond acceptors (Lipinski definition) is 1. The van der Waals surface area contributed by atoms with Gasteiger partial charge in [-0.3, -0.25) is 4.79 Å². The lowest BCUT2D eigenvalue weighted by molar-refractivity contribution is -0.180. The van der Waals surface area contributed by atoms with E-state index in [1.165, 1.54) is 0 Å². The maximum Gasteiger partial charge on any atom is 0.470 e. The Labute approximate surface area is 96.9 Å². The molecule has 0 N–H and O–H groups in total. The van der Waals surface area contributed by atoms with Crippen molar-refractivity contribution >= 4 is 22.2 Å². The summed E-state index contributed by atoms with van der Waals surface area (Å²) in [6.07, 6.45) is -4.47. The molecule has 0 saturated heterocycles. The minimum atomic E-state index is -4.75. The van der Waals surface area contributed by atoms with Crippen LogP contribution in [0.2, 0.25) is 39.3 Å². The summed E-state index contributed by atoms with van der Waals surface area (Å²) in [5.41, 5.74) is 0. The summed E-state index contributed by atoms with van der Waals surface area (Å²) in [4.78, 5) is 11.3. The van der Waals surface area contributed by atoms with Gasteiger partial charge in [0.05, 0.1) is 8.07 Å². The van der Waals surface area contributed by atoms with Crippen LogP contribution < -0.4 is 0 Å². The SMILES string of the molecule is C[Si](C)(C)CN(C(=O)C(F)(F)F)[Si](C)(C)C. The van der Waals surface area contributed by atoms with Crippen LogP contribution in [0.5, 0.6) is 0 Å². The number of rotatable bonds is 3. The van der Waals surface area contributed by atoms with Gasteiger partial charge in [0.1, 0.15) is 0 Å². The lowest BCUT2D eigenvalue weighted by Gasteiger charge is -2.38. The van der Waals surface area contributed by atoms with E-state index in [-0.39, 0.29) is 6.17 Å². The van der Waals surface area contributed by atoms with Gasteiger partial charge in [0.2, 0.25) is 0 Å². The second kappa shape index (κ2) is 4.52. The van der Waals surface area contributed by atoms with Crippen molar-refractivity contribution in [3.05, 3.63) is 0 Å². The van der Waals surface area contributed by atoms with Gasteiger partial charge in [-0.15, -0.1) is 0 Å². The molecule has 0 fully saturated rings. The highest BCUT2D eigenvalue weighted by Gasteiger charge is 2.47. The molecular weight excluding hydrogens is 251 g/mol. The van der Waals surface area contributed by atoms with E-state index in [9.17, 15) is 18.0 Å². The maximum absolute atomic E-state index is 12.5. The first kappa shape index (κ1) is 15.7. The zero-order valence-corrected chi connectivity index (χ0v) is 12.7. The second-order valence-electron chi connectivity index (χ2n) is 6.12. The molecule has 0 aliphatic carbocycles. The van der Waals surface area contributed by atoms with Crippen LogP contribution in [0.15, 0.2) is 0 Å². The standard InChI is InChI=1S/C9H20F3NOSi2/c1-15(2,3)7-13(16(4,5)6)8(14)9(10,11)12/h7H2,1-6H3. The van der Waals surface area contributed by atoms with Crippen LogP contribution in [0.25, 0.3) is 0 Å². The van der Waals surface area contributed by atoms with Crippen molar-refractivity contribution in [3.63, 3.8) is 0 Å². The Morgan fingerprint density at radius 2 is 1.44 bits per heavy atom. The zero-order chi connectivity index (χ0) is 13.4. The second-order valence-corrected chi connectivity index (χ2v) is 16.4.